The molecule has 0 bridgehead atoms. The number of aromatic amines is 1. The number of aliphatic hydroxyl groups is 1. The van der Waals surface area contributed by atoms with Crippen molar-refractivity contribution in [3.8, 4) is 16.9 Å². The van der Waals surface area contributed by atoms with E-state index in [0.29, 0.717) is 28.2 Å². The number of nitrogens with zero attached hydrogens (tertiary/aromatic N) is 2. The molecule has 3 aromatic rings. The number of aromatic nitrogens is 2. The van der Waals surface area contributed by atoms with Gasteiger partial charge in [-0.05, 0) is 54.8 Å². The number of rotatable bonds is 7. The summed E-state index contributed by atoms with van der Waals surface area (Å²) in [4.78, 5) is 19.2. The van der Waals surface area contributed by atoms with Crippen LogP contribution in [0.15, 0.2) is 42.6 Å². The van der Waals surface area contributed by atoms with Crippen molar-refractivity contribution >= 4 is 32.9 Å². The van der Waals surface area contributed by atoms with Crippen LogP contribution in [0, 0.1) is 5.82 Å². The number of hydrogen-bond donors (Lipinski definition) is 3. The maximum atomic E-state index is 14.0. The van der Waals surface area contributed by atoms with Crippen LogP contribution in [0.2, 0.25) is 0 Å². The number of methoxy groups -OCH3 is 1. The van der Waals surface area contributed by atoms with Gasteiger partial charge in [0.05, 0.1) is 26.4 Å². The van der Waals surface area contributed by atoms with Gasteiger partial charge in [-0.1, -0.05) is 6.08 Å². The van der Waals surface area contributed by atoms with Crippen molar-refractivity contribution in [3.05, 3.63) is 54.1 Å². The predicted molar refractivity (Wildman–Crippen MR) is 127 cm³/mol. The van der Waals surface area contributed by atoms with E-state index in [9.17, 15) is 22.7 Å². The summed E-state index contributed by atoms with van der Waals surface area (Å²) in [6.45, 7) is 1.06. The first kappa shape index (κ1) is 24.6. The number of aliphatic hydroxyl groups excluding tert-OH is 1. The molecule has 0 aliphatic carbocycles. The molecule has 1 atom stereocenters. The van der Waals surface area contributed by atoms with Gasteiger partial charge in [0, 0.05) is 29.4 Å². The number of ether oxygens (including phenoxy) is 2. The molecule has 1 aromatic carbocycles. The molecule has 12 heteroatoms. The van der Waals surface area contributed by atoms with E-state index < -0.39 is 34.8 Å². The lowest BCUT2D eigenvalue weighted by atomic mass is 9.98. The third kappa shape index (κ3) is 4.99. The fourth-order valence-electron chi connectivity index (χ4n) is 4.11. The first-order valence-corrected chi connectivity index (χ1v) is 12.3. The predicted octanol–water partition coefficient (Wildman–Crippen LogP) is 2.82. The summed E-state index contributed by atoms with van der Waals surface area (Å²) >= 11 is 0. The lowest BCUT2D eigenvalue weighted by Crippen LogP contribution is -2.51. The van der Waals surface area contributed by atoms with Crippen molar-refractivity contribution in [2.75, 3.05) is 26.9 Å². The second-order valence-corrected chi connectivity index (χ2v) is 9.44. The van der Waals surface area contributed by atoms with Gasteiger partial charge in [0.2, 0.25) is 0 Å². The fourth-order valence-corrected chi connectivity index (χ4v) is 5.30. The average molecular weight is 505 g/mol. The fraction of sp³-hybridized carbons (Fsp3) is 0.304. The number of benzene rings is 1. The summed E-state index contributed by atoms with van der Waals surface area (Å²) < 4.78 is 52.2. The van der Waals surface area contributed by atoms with E-state index in [0.717, 1.165) is 15.3 Å². The van der Waals surface area contributed by atoms with Gasteiger partial charge in [-0.15, -0.1) is 0 Å². The Morgan fingerprint density at radius 3 is 2.83 bits per heavy atom. The van der Waals surface area contributed by atoms with E-state index in [-0.39, 0.29) is 19.6 Å². The first-order valence-electron chi connectivity index (χ1n) is 10.9. The average Bonchev–Trinajstić information content (AvgIpc) is 3.28. The third-order valence-corrected chi connectivity index (χ3v) is 7.21. The van der Waals surface area contributed by atoms with Gasteiger partial charge >= 0.3 is 16.3 Å². The Kier molecular flexibility index (Phi) is 7.05. The van der Waals surface area contributed by atoms with Crippen molar-refractivity contribution in [2.24, 2.45) is 0 Å². The van der Waals surface area contributed by atoms with Crippen LogP contribution in [0.1, 0.15) is 19.0 Å². The van der Waals surface area contributed by atoms with Crippen LogP contribution in [0.3, 0.4) is 0 Å². The summed E-state index contributed by atoms with van der Waals surface area (Å²) in [7, 11) is -2.71. The van der Waals surface area contributed by atoms with Crippen molar-refractivity contribution in [3.63, 3.8) is 0 Å². The van der Waals surface area contributed by atoms with Crippen LogP contribution >= 0.6 is 0 Å². The molecule has 3 heterocycles. The quantitative estimate of drug-likeness (QED) is 0.450. The zero-order valence-electron chi connectivity index (χ0n) is 19.1. The maximum Gasteiger partial charge on any atom is 0.421 e. The van der Waals surface area contributed by atoms with Crippen molar-refractivity contribution in [1.82, 2.24) is 19.0 Å². The molecular formula is C23H25FN4O6S. The molecule has 0 fully saturated rings. The number of carbonyl (C=O) groups is 1. The Hall–Kier alpha value is -3.48. The minimum atomic E-state index is -4.22. The van der Waals surface area contributed by atoms with Gasteiger partial charge < -0.3 is 19.6 Å². The van der Waals surface area contributed by atoms with E-state index in [2.05, 4.69) is 14.7 Å². The van der Waals surface area contributed by atoms with Gasteiger partial charge in [-0.2, -0.15) is 12.7 Å². The number of fused-ring (bicyclic) bond motifs is 1. The Labute approximate surface area is 201 Å². The number of carbonyl (C=O) groups excluding carboxylic acids is 1. The summed E-state index contributed by atoms with van der Waals surface area (Å²) in [6.07, 6.45) is 2.40. The van der Waals surface area contributed by atoms with Crippen LogP contribution in [0.25, 0.3) is 27.7 Å². The molecule has 0 saturated carbocycles. The Morgan fingerprint density at radius 1 is 1.31 bits per heavy atom. The topological polar surface area (TPSA) is 134 Å². The Balaban J connectivity index is 1.68. The van der Waals surface area contributed by atoms with Crippen LogP contribution in [-0.2, 0) is 14.9 Å². The molecule has 2 aromatic heterocycles. The molecule has 186 valence electrons. The van der Waals surface area contributed by atoms with Crippen molar-refractivity contribution in [2.45, 2.75) is 19.4 Å². The van der Waals surface area contributed by atoms with E-state index in [1.54, 1.807) is 31.3 Å². The SMILES string of the molecule is CCOC(=O)NS(=O)(=O)N1CC=C(c2cc3c(-c4cc(F)ccc4OC)ccnc3[nH]2)CC1CO. The molecule has 0 saturated heterocycles. The van der Waals surface area contributed by atoms with Crippen LogP contribution < -0.4 is 9.46 Å². The second kappa shape index (κ2) is 10.0. The van der Waals surface area contributed by atoms with Gasteiger partial charge in [0.25, 0.3) is 0 Å². The Morgan fingerprint density at radius 2 is 2.11 bits per heavy atom. The molecule has 1 aliphatic heterocycles. The van der Waals surface area contributed by atoms with Crippen molar-refractivity contribution in [1.29, 1.82) is 0 Å². The maximum absolute atomic E-state index is 14.0. The molecule has 3 N–H and O–H groups in total. The smallest absolute Gasteiger partial charge is 0.421 e. The minimum absolute atomic E-state index is 0.0206. The summed E-state index contributed by atoms with van der Waals surface area (Å²) in [5.74, 6) is 0.105. The standard InChI is InChI=1S/C23H25FN4O6S/c1-3-34-23(30)27-35(31,32)28-9-7-14(10-16(28)13-29)20-12-19-17(6-8-25-22(19)26-20)18-11-15(24)4-5-21(18)33-2/h4-8,11-12,16,29H,3,9-10,13H2,1-2H3,(H,25,26)(H,27,30). The number of nitrogens with one attached hydrogen (secondary N) is 2. The largest absolute Gasteiger partial charge is 0.496 e. The molecule has 1 aliphatic rings. The van der Waals surface area contributed by atoms with Crippen LogP contribution in [-0.4, -0.2) is 66.8 Å². The van der Waals surface area contributed by atoms with Crippen LogP contribution in [0.5, 0.6) is 5.75 Å². The molecular weight excluding hydrogens is 479 g/mol. The summed E-state index contributed by atoms with van der Waals surface area (Å²) in [5.41, 5.74) is 3.29. The molecule has 10 nitrogen and oxygen atoms in total. The molecule has 0 radical (unpaired) electrons. The first-order chi connectivity index (χ1) is 16.8. The van der Waals surface area contributed by atoms with E-state index in [1.165, 1.54) is 19.2 Å². The van der Waals surface area contributed by atoms with Crippen molar-refractivity contribution < 1.29 is 32.2 Å². The molecule has 1 unspecified atom stereocenters. The monoisotopic (exact) mass is 504 g/mol. The highest BCUT2D eigenvalue weighted by atomic mass is 32.2. The molecule has 4 rings (SSSR count). The number of amides is 1. The number of pyridine rings is 1. The highest BCUT2D eigenvalue weighted by molar-refractivity contribution is 7.87. The highest BCUT2D eigenvalue weighted by Crippen LogP contribution is 2.37. The van der Waals surface area contributed by atoms with E-state index in [1.807, 2.05) is 10.8 Å². The van der Waals surface area contributed by atoms with E-state index in [4.69, 9.17) is 4.74 Å². The lowest BCUT2D eigenvalue weighted by molar-refractivity contribution is 0.156. The normalized spacial score (nSPS) is 16.7. The zero-order valence-corrected chi connectivity index (χ0v) is 19.9. The Bertz CT molecular complexity index is 1390. The lowest BCUT2D eigenvalue weighted by Gasteiger charge is -2.32. The number of hydrogen-bond acceptors (Lipinski definition) is 7. The van der Waals surface area contributed by atoms with Gasteiger partial charge in [-0.3, -0.25) is 0 Å². The zero-order chi connectivity index (χ0) is 25.2. The van der Waals surface area contributed by atoms with E-state index >= 15 is 0 Å². The number of halogens is 1. The third-order valence-electron chi connectivity index (χ3n) is 5.72. The molecule has 35 heavy (non-hydrogen) atoms. The van der Waals surface area contributed by atoms with Gasteiger partial charge in [-0.25, -0.2) is 18.9 Å². The molecule has 0 spiro atoms. The molecule has 1 amide bonds. The van der Waals surface area contributed by atoms with Gasteiger partial charge in [0.1, 0.15) is 17.2 Å². The number of H-pyrrole nitrogens is 1. The highest BCUT2D eigenvalue weighted by Gasteiger charge is 2.34. The van der Waals surface area contributed by atoms with Gasteiger partial charge in [0.15, 0.2) is 0 Å². The second-order valence-electron chi connectivity index (χ2n) is 7.82. The minimum Gasteiger partial charge on any atom is -0.496 e. The summed E-state index contributed by atoms with van der Waals surface area (Å²) in [5, 5.41) is 10.6. The van der Waals surface area contributed by atoms with Crippen LogP contribution in [0.4, 0.5) is 9.18 Å². The summed E-state index contributed by atoms with van der Waals surface area (Å²) in [6, 6.07) is 7.08.